The number of methoxy groups -OCH3 is 1. The summed E-state index contributed by atoms with van der Waals surface area (Å²) in [6.45, 7) is 6.75. The van der Waals surface area contributed by atoms with E-state index >= 15 is 0 Å². The molecule has 2 aromatic carbocycles. The van der Waals surface area contributed by atoms with E-state index in [1.807, 2.05) is 42.5 Å². The van der Waals surface area contributed by atoms with Gasteiger partial charge in [-0.15, -0.1) is 24.0 Å². The molecule has 8 heteroatoms. The van der Waals surface area contributed by atoms with Crippen molar-refractivity contribution in [1.82, 2.24) is 10.6 Å². The van der Waals surface area contributed by atoms with E-state index in [-0.39, 0.29) is 29.9 Å². The minimum absolute atomic E-state index is 0. The Labute approximate surface area is 201 Å². The van der Waals surface area contributed by atoms with Crippen LogP contribution in [0.4, 0.5) is 11.4 Å². The van der Waals surface area contributed by atoms with E-state index < -0.39 is 0 Å². The van der Waals surface area contributed by atoms with E-state index in [0.29, 0.717) is 12.6 Å². The van der Waals surface area contributed by atoms with Gasteiger partial charge in [-0.05, 0) is 43.2 Å². The summed E-state index contributed by atoms with van der Waals surface area (Å²) >= 11 is 0. The fourth-order valence-corrected chi connectivity index (χ4v) is 3.62. The minimum Gasteiger partial charge on any atom is -0.495 e. The Morgan fingerprint density at radius 1 is 1.23 bits per heavy atom. The highest BCUT2D eigenvalue weighted by molar-refractivity contribution is 14.0. The number of anilines is 2. The number of benzene rings is 2. The fraction of sp³-hybridized carbons (Fsp3) is 0.391. The molecule has 1 heterocycles. The van der Waals surface area contributed by atoms with Crippen LogP contribution in [0.5, 0.6) is 5.75 Å². The molecule has 3 N–H and O–H groups in total. The Morgan fingerprint density at radius 2 is 2.03 bits per heavy atom. The van der Waals surface area contributed by atoms with Gasteiger partial charge < -0.3 is 25.6 Å². The number of aliphatic imine (C=N–C) groups is 1. The normalized spacial score (nSPS) is 15.8. The van der Waals surface area contributed by atoms with E-state index in [1.54, 1.807) is 7.11 Å². The van der Waals surface area contributed by atoms with Crippen molar-refractivity contribution in [2.24, 2.45) is 4.99 Å². The monoisotopic (exact) mass is 537 g/mol. The Morgan fingerprint density at radius 3 is 2.77 bits per heavy atom. The first-order valence-electron chi connectivity index (χ1n) is 10.4. The van der Waals surface area contributed by atoms with E-state index in [2.05, 4.69) is 33.8 Å². The van der Waals surface area contributed by atoms with Crippen LogP contribution in [0, 0.1) is 0 Å². The minimum atomic E-state index is -0.0773. The number of hydrogen-bond acceptors (Lipinski definition) is 4. The lowest BCUT2D eigenvalue weighted by atomic mass is 10.2. The van der Waals surface area contributed by atoms with Gasteiger partial charge in [0.05, 0.1) is 19.3 Å². The fourth-order valence-electron chi connectivity index (χ4n) is 3.62. The molecule has 1 amide bonds. The number of amides is 1. The molecule has 1 fully saturated rings. The lowest BCUT2D eigenvalue weighted by Crippen LogP contribution is -2.44. The summed E-state index contributed by atoms with van der Waals surface area (Å²) in [6.07, 6.45) is 1.03. The number of nitrogens with zero attached hydrogens (tertiary/aromatic N) is 2. The second kappa shape index (κ2) is 12.4. The number of nitrogens with one attached hydrogen (secondary N) is 3. The van der Waals surface area contributed by atoms with Gasteiger partial charge in [0, 0.05) is 38.3 Å². The molecule has 1 aliphatic rings. The van der Waals surface area contributed by atoms with Crippen LogP contribution >= 0.6 is 24.0 Å². The van der Waals surface area contributed by atoms with Gasteiger partial charge in [0.2, 0.25) is 5.91 Å². The summed E-state index contributed by atoms with van der Waals surface area (Å²) in [6, 6.07) is 16.2. The molecule has 1 unspecified atom stereocenters. The largest absolute Gasteiger partial charge is 0.495 e. The van der Waals surface area contributed by atoms with Gasteiger partial charge in [-0.2, -0.15) is 0 Å². The summed E-state index contributed by atoms with van der Waals surface area (Å²) in [5.74, 6) is 1.62. The van der Waals surface area contributed by atoms with Crippen molar-refractivity contribution < 1.29 is 9.53 Å². The molecule has 3 rings (SSSR count). The van der Waals surface area contributed by atoms with Crippen LogP contribution in [0.15, 0.2) is 53.5 Å². The molecule has 1 aliphatic heterocycles. The number of hydrogen-bond donors (Lipinski definition) is 3. The van der Waals surface area contributed by atoms with Crippen molar-refractivity contribution >= 4 is 47.2 Å². The van der Waals surface area contributed by atoms with Crippen LogP contribution < -0.4 is 25.6 Å². The third kappa shape index (κ3) is 7.30. The van der Waals surface area contributed by atoms with Gasteiger partial charge in [-0.25, -0.2) is 4.99 Å². The maximum Gasteiger partial charge on any atom is 0.221 e. The quantitative estimate of drug-likeness (QED) is 0.286. The second-order valence-corrected chi connectivity index (χ2v) is 7.32. The van der Waals surface area contributed by atoms with Crippen LogP contribution in [0.25, 0.3) is 0 Å². The third-order valence-electron chi connectivity index (χ3n) is 4.97. The molecular weight excluding hydrogens is 505 g/mol. The summed E-state index contributed by atoms with van der Waals surface area (Å²) < 4.78 is 5.51. The molecule has 0 radical (unpaired) electrons. The van der Waals surface area contributed by atoms with Crippen LogP contribution in [0.3, 0.4) is 0 Å². The van der Waals surface area contributed by atoms with E-state index in [1.165, 1.54) is 6.92 Å². The first-order valence-corrected chi connectivity index (χ1v) is 10.4. The number of ether oxygens (including phenoxy) is 1. The van der Waals surface area contributed by atoms with Crippen molar-refractivity contribution in [2.45, 2.75) is 32.9 Å². The first-order chi connectivity index (χ1) is 14.6. The molecule has 0 saturated carbocycles. The number of para-hydroxylation sites is 2. The molecule has 0 aromatic heterocycles. The van der Waals surface area contributed by atoms with Gasteiger partial charge in [-0.3, -0.25) is 4.79 Å². The first kappa shape index (κ1) is 24.8. The zero-order valence-electron chi connectivity index (χ0n) is 18.4. The average molecular weight is 537 g/mol. The maximum atomic E-state index is 11.3. The lowest BCUT2D eigenvalue weighted by molar-refractivity contribution is -0.114. The number of rotatable bonds is 7. The van der Waals surface area contributed by atoms with Gasteiger partial charge in [0.1, 0.15) is 5.75 Å². The predicted molar refractivity (Wildman–Crippen MR) is 138 cm³/mol. The van der Waals surface area contributed by atoms with Crippen molar-refractivity contribution in [2.75, 3.05) is 37.0 Å². The van der Waals surface area contributed by atoms with Gasteiger partial charge in [-0.1, -0.05) is 24.3 Å². The van der Waals surface area contributed by atoms with Gasteiger partial charge in [0.15, 0.2) is 5.96 Å². The number of carbonyl (C=O) groups excluding carboxylic acids is 1. The number of guanidine groups is 1. The van der Waals surface area contributed by atoms with Gasteiger partial charge in [0.25, 0.3) is 0 Å². The van der Waals surface area contributed by atoms with Gasteiger partial charge >= 0.3 is 0 Å². The van der Waals surface area contributed by atoms with E-state index in [4.69, 9.17) is 9.73 Å². The SMILES string of the molecule is CCNC(=NCc1cccc(NC(C)=O)c1)NC1CCN(c2ccccc2OC)C1.I. The highest BCUT2D eigenvalue weighted by atomic mass is 127. The van der Waals surface area contributed by atoms with Crippen molar-refractivity contribution in [1.29, 1.82) is 0 Å². The van der Waals surface area contributed by atoms with Crippen LogP contribution in [0.1, 0.15) is 25.8 Å². The summed E-state index contributed by atoms with van der Waals surface area (Å²) in [5.41, 5.74) is 2.96. The molecule has 1 saturated heterocycles. The Kier molecular flexibility index (Phi) is 9.90. The van der Waals surface area contributed by atoms with Crippen molar-refractivity contribution in [3.8, 4) is 5.75 Å². The molecule has 31 heavy (non-hydrogen) atoms. The van der Waals surface area contributed by atoms with Crippen LogP contribution in [-0.2, 0) is 11.3 Å². The summed E-state index contributed by atoms with van der Waals surface area (Å²) in [4.78, 5) is 18.3. The molecule has 1 atom stereocenters. The highest BCUT2D eigenvalue weighted by Gasteiger charge is 2.25. The molecular formula is C23H32IN5O2. The molecule has 168 valence electrons. The summed E-state index contributed by atoms with van der Waals surface area (Å²) in [7, 11) is 1.71. The molecule has 0 aliphatic carbocycles. The standard InChI is InChI=1S/C23H31N5O2.HI/c1-4-24-23(25-15-18-8-7-9-19(14-18)26-17(2)29)27-20-12-13-28(16-20)21-10-5-6-11-22(21)30-3;/h5-11,14,20H,4,12-13,15-16H2,1-3H3,(H,26,29)(H2,24,25,27);1H. The zero-order valence-corrected chi connectivity index (χ0v) is 20.7. The van der Waals surface area contributed by atoms with E-state index in [0.717, 1.165) is 54.7 Å². The molecule has 7 nitrogen and oxygen atoms in total. The van der Waals surface area contributed by atoms with Crippen molar-refractivity contribution in [3.05, 3.63) is 54.1 Å². The topological polar surface area (TPSA) is 78.0 Å². The predicted octanol–water partition coefficient (Wildman–Crippen LogP) is 3.61. The highest BCUT2D eigenvalue weighted by Crippen LogP contribution is 2.30. The second-order valence-electron chi connectivity index (χ2n) is 7.32. The van der Waals surface area contributed by atoms with Crippen LogP contribution in [-0.4, -0.2) is 44.7 Å². The Bertz CT molecular complexity index is 890. The van der Waals surface area contributed by atoms with Crippen LogP contribution in [0.2, 0.25) is 0 Å². The zero-order chi connectivity index (χ0) is 21.3. The smallest absolute Gasteiger partial charge is 0.221 e. The summed E-state index contributed by atoms with van der Waals surface area (Å²) in [5, 5.41) is 9.70. The number of halogens is 1. The Balaban J connectivity index is 0.00000341. The average Bonchev–Trinajstić information content (AvgIpc) is 3.20. The Hall–Kier alpha value is -2.49. The lowest BCUT2D eigenvalue weighted by Gasteiger charge is -2.22. The number of carbonyl (C=O) groups is 1. The maximum absolute atomic E-state index is 11.3. The third-order valence-corrected chi connectivity index (χ3v) is 4.97. The molecule has 2 aromatic rings. The van der Waals surface area contributed by atoms with E-state index in [9.17, 15) is 4.79 Å². The van der Waals surface area contributed by atoms with Crippen molar-refractivity contribution in [3.63, 3.8) is 0 Å². The molecule has 0 bridgehead atoms. The molecule has 0 spiro atoms.